The van der Waals surface area contributed by atoms with E-state index >= 15 is 0 Å². The molecule has 3 heterocycles. The van der Waals surface area contributed by atoms with E-state index in [1.165, 1.54) is 0 Å². The molecule has 228 valence electrons. The van der Waals surface area contributed by atoms with Crippen LogP contribution in [0.5, 0.6) is 5.75 Å². The molecule has 3 fully saturated rings. The van der Waals surface area contributed by atoms with Crippen LogP contribution in [0, 0.1) is 6.10 Å². The minimum atomic E-state index is -0.550. The average Bonchev–Trinajstić information content (AvgIpc) is 3.02. The number of allylic oxidation sites excluding steroid dienone is 1. The van der Waals surface area contributed by atoms with Gasteiger partial charge in [-0.25, -0.2) is 4.99 Å². The second-order valence-corrected chi connectivity index (χ2v) is 11.5. The van der Waals surface area contributed by atoms with E-state index in [-0.39, 0.29) is 5.70 Å². The Labute approximate surface area is 250 Å². The highest BCUT2D eigenvalue weighted by atomic mass is 16.5. The molecule has 1 aliphatic carbocycles. The van der Waals surface area contributed by atoms with Crippen LogP contribution in [0.3, 0.4) is 0 Å². The molecule has 42 heavy (non-hydrogen) atoms. The van der Waals surface area contributed by atoms with Gasteiger partial charge in [-0.2, -0.15) is 4.74 Å². The molecule has 1 aromatic rings. The summed E-state index contributed by atoms with van der Waals surface area (Å²) in [7, 11) is 5.64. The van der Waals surface area contributed by atoms with Crippen LogP contribution < -0.4 is 31.3 Å². The molecule has 0 aromatic heterocycles. The molecule has 2 saturated heterocycles. The molecule has 5 rings (SSSR count). The first-order valence-electron chi connectivity index (χ1n) is 15.3. The number of amides is 1. The number of likely N-dealkylation sites (N-methyl/N-ethyl adjacent to an activating group) is 1. The second kappa shape index (κ2) is 13.7. The first-order chi connectivity index (χ1) is 20.4. The molecular weight excluding hydrogens is 532 g/mol. The summed E-state index contributed by atoms with van der Waals surface area (Å²) in [6, 6.07) is 6.74. The summed E-state index contributed by atoms with van der Waals surface area (Å²) in [5.41, 5.74) is 9.88. The van der Waals surface area contributed by atoms with Crippen LogP contribution in [0.4, 0.5) is 11.4 Å². The van der Waals surface area contributed by atoms with Crippen LogP contribution >= 0.6 is 0 Å². The first-order valence-corrected chi connectivity index (χ1v) is 15.3. The van der Waals surface area contributed by atoms with Gasteiger partial charge < -0.3 is 36.2 Å². The fourth-order valence-electron chi connectivity index (χ4n) is 6.27. The second-order valence-electron chi connectivity index (χ2n) is 11.5. The average molecular weight is 580 g/mol. The van der Waals surface area contributed by atoms with Crippen LogP contribution in [0.2, 0.25) is 0 Å². The van der Waals surface area contributed by atoms with Crippen molar-refractivity contribution in [3.63, 3.8) is 0 Å². The van der Waals surface area contributed by atoms with Crippen LogP contribution in [-0.4, -0.2) is 88.0 Å². The molecule has 0 atom stereocenters. The van der Waals surface area contributed by atoms with Crippen molar-refractivity contribution in [1.82, 2.24) is 20.4 Å². The highest BCUT2D eigenvalue weighted by Gasteiger charge is 2.30. The summed E-state index contributed by atoms with van der Waals surface area (Å²) in [6.07, 6.45) is 7.56. The molecule has 0 spiro atoms. The monoisotopic (exact) mass is 579 g/mol. The highest BCUT2D eigenvalue weighted by Crippen LogP contribution is 2.35. The maximum Gasteiger partial charge on any atom is 0.268 e. The normalized spacial score (nSPS) is 21.3. The summed E-state index contributed by atoms with van der Waals surface area (Å²) in [4.78, 5) is 24.9. The van der Waals surface area contributed by atoms with E-state index in [1.807, 2.05) is 19.1 Å². The van der Waals surface area contributed by atoms with Crippen LogP contribution in [0.15, 0.2) is 46.2 Å². The van der Waals surface area contributed by atoms with Crippen molar-refractivity contribution in [2.45, 2.75) is 57.9 Å². The Morgan fingerprint density at radius 2 is 1.81 bits per heavy atom. The molecule has 0 radical (unpaired) electrons. The van der Waals surface area contributed by atoms with Crippen molar-refractivity contribution in [2.24, 2.45) is 10.7 Å². The van der Waals surface area contributed by atoms with E-state index in [0.29, 0.717) is 24.1 Å². The molecule has 4 aliphatic rings. The molecule has 1 amide bonds. The van der Waals surface area contributed by atoms with E-state index in [4.69, 9.17) is 20.2 Å². The predicted octanol–water partition coefficient (Wildman–Crippen LogP) is 2.94. The van der Waals surface area contributed by atoms with Crippen LogP contribution in [0.25, 0.3) is 0 Å². The van der Waals surface area contributed by atoms with Crippen LogP contribution in [0.1, 0.15) is 51.9 Å². The predicted molar refractivity (Wildman–Crippen MR) is 167 cm³/mol. The fourth-order valence-corrected chi connectivity index (χ4v) is 6.27. The lowest BCUT2D eigenvalue weighted by Crippen LogP contribution is -2.52. The molecule has 11 heteroatoms. The number of benzene rings is 1. The zero-order chi connectivity index (χ0) is 29.6. The molecular formula is C31H47N8O3+. The molecule has 0 bridgehead atoms. The quantitative estimate of drug-likeness (QED) is 0.328. The van der Waals surface area contributed by atoms with Gasteiger partial charge in [-0.1, -0.05) is 6.92 Å². The number of anilines is 2. The third-order valence-electron chi connectivity index (χ3n) is 8.91. The number of piperidine rings is 1. The SMILES string of the molecule is CCC1=C(N=C2CC[C+](OC)CC2)NC(Nc2ccc(N3CCC(N4CCN(C)CC4)CC3)c(OC)c2)=C(C(N)=O)N1. The molecule has 1 saturated carbocycles. The lowest BCUT2D eigenvalue weighted by atomic mass is 9.95. The van der Waals surface area contributed by atoms with Crippen molar-refractivity contribution in [1.29, 1.82) is 0 Å². The molecule has 1 aromatic carbocycles. The largest absolute Gasteiger partial charge is 0.495 e. The third-order valence-corrected chi connectivity index (χ3v) is 8.91. The van der Waals surface area contributed by atoms with Gasteiger partial charge in [-0.05, 0) is 38.4 Å². The Morgan fingerprint density at radius 3 is 2.43 bits per heavy atom. The number of hydrogen-bond donors (Lipinski definition) is 4. The highest BCUT2D eigenvalue weighted by molar-refractivity contribution is 5.93. The van der Waals surface area contributed by atoms with Gasteiger partial charge in [0.2, 0.25) is 6.10 Å². The molecule has 3 aliphatic heterocycles. The summed E-state index contributed by atoms with van der Waals surface area (Å²) >= 11 is 0. The maximum absolute atomic E-state index is 12.4. The molecule has 5 N–H and O–H groups in total. The van der Waals surface area contributed by atoms with Gasteiger partial charge in [0.15, 0.2) is 5.82 Å². The number of nitrogens with one attached hydrogen (secondary N) is 3. The van der Waals surface area contributed by atoms with Crippen LogP contribution in [-0.2, 0) is 9.53 Å². The van der Waals surface area contributed by atoms with E-state index in [9.17, 15) is 4.79 Å². The molecule has 0 unspecified atom stereocenters. The van der Waals surface area contributed by atoms with Gasteiger partial charge in [0, 0.05) is 75.6 Å². The number of methoxy groups -OCH3 is 2. The van der Waals surface area contributed by atoms with Crippen molar-refractivity contribution in [3.8, 4) is 5.75 Å². The third kappa shape index (κ3) is 6.96. The number of carbonyl (C=O) groups excluding carboxylic acids is 1. The summed E-state index contributed by atoms with van der Waals surface area (Å²) < 4.78 is 11.3. The number of nitrogens with zero attached hydrogens (tertiary/aromatic N) is 4. The van der Waals surface area contributed by atoms with Crippen molar-refractivity contribution >= 4 is 23.0 Å². The Morgan fingerprint density at radius 1 is 1.10 bits per heavy atom. The van der Waals surface area contributed by atoms with E-state index in [2.05, 4.69) is 43.8 Å². The number of piperazine rings is 1. The molecule has 11 nitrogen and oxygen atoms in total. The summed E-state index contributed by atoms with van der Waals surface area (Å²) in [5.74, 6) is 1.42. The van der Waals surface area contributed by atoms with Gasteiger partial charge in [0.25, 0.3) is 5.91 Å². The Bertz CT molecular complexity index is 1200. The fraction of sp³-hybridized carbons (Fsp3) is 0.581. The van der Waals surface area contributed by atoms with E-state index in [1.54, 1.807) is 14.2 Å². The summed E-state index contributed by atoms with van der Waals surface area (Å²) in [5, 5.41) is 9.96. The van der Waals surface area contributed by atoms with Gasteiger partial charge in [-0.3, -0.25) is 9.69 Å². The number of ether oxygens (including phenoxy) is 2. The van der Waals surface area contributed by atoms with Crippen molar-refractivity contribution in [2.75, 3.05) is 70.8 Å². The summed E-state index contributed by atoms with van der Waals surface area (Å²) in [6.45, 7) is 8.65. The lowest BCUT2D eigenvalue weighted by molar-refractivity contribution is -0.115. The van der Waals surface area contributed by atoms with Gasteiger partial charge in [0.1, 0.15) is 30.1 Å². The maximum atomic E-state index is 12.4. The lowest BCUT2D eigenvalue weighted by Gasteiger charge is -2.42. The minimum absolute atomic E-state index is 0.281. The number of aliphatic imine (C=N–C) groups is 1. The van der Waals surface area contributed by atoms with Gasteiger partial charge >= 0.3 is 0 Å². The van der Waals surface area contributed by atoms with Gasteiger partial charge in [-0.15, -0.1) is 0 Å². The number of primary amides is 1. The van der Waals surface area contributed by atoms with Crippen molar-refractivity contribution in [3.05, 3.63) is 47.3 Å². The number of rotatable bonds is 9. The topological polar surface area (TPSA) is 120 Å². The standard InChI is InChI=1S/C31H46N8O3/c1-5-25-30(33-21-6-9-24(41-3)10-7-21)36-31(28(35-25)29(32)40)34-22-8-11-26(27(20-22)42-4)39-14-12-23(13-15-39)38-18-16-37(2)17-19-38/h8,11,20,23,35H,5-7,9-10,12-19H2,1-4H3,(H3-,32,34,36,40)/p+1. The minimum Gasteiger partial charge on any atom is -0.495 e. The Balaban J connectivity index is 1.27. The Hall–Kier alpha value is -3.41. The van der Waals surface area contributed by atoms with E-state index < -0.39 is 5.91 Å². The van der Waals surface area contributed by atoms with Gasteiger partial charge in [0.05, 0.1) is 25.6 Å². The van der Waals surface area contributed by atoms with Crippen molar-refractivity contribution < 1.29 is 14.3 Å². The Kier molecular flexibility index (Phi) is 9.81. The van der Waals surface area contributed by atoms with E-state index in [0.717, 1.165) is 112 Å². The smallest absolute Gasteiger partial charge is 0.268 e. The number of carbonyl (C=O) groups is 1. The zero-order valence-corrected chi connectivity index (χ0v) is 25.6. The zero-order valence-electron chi connectivity index (χ0n) is 25.6. The number of nitrogens with two attached hydrogens (primary N) is 1. The number of hydrogen-bond acceptors (Lipinski definition) is 10. The first kappa shape index (κ1) is 30.1.